The lowest BCUT2D eigenvalue weighted by molar-refractivity contribution is -0.0100. The van der Waals surface area contributed by atoms with Gasteiger partial charge in [0, 0.05) is 5.69 Å². The Hall–Kier alpha value is -1.06. The van der Waals surface area contributed by atoms with Crippen molar-refractivity contribution in [2.24, 2.45) is 5.92 Å². The van der Waals surface area contributed by atoms with Crippen LogP contribution >= 0.6 is 0 Å². The number of nitrogens with two attached hydrogens (primary N) is 1. The Bertz CT molecular complexity index is 339. The zero-order valence-corrected chi connectivity index (χ0v) is 10.9. The minimum atomic E-state index is -0.604. The predicted octanol–water partition coefficient (Wildman–Crippen LogP) is 2.75. The Kier molecular flexibility index (Phi) is 5.45. The summed E-state index contributed by atoms with van der Waals surface area (Å²) in [7, 11) is 0. The molecule has 0 heterocycles. The van der Waals surface area contributed by atoms with Crippen LogP contribution in [0.25, 0.3) is 0 Å². The van der Waals surface area contributed by atoms with E-state index in [0.29, 0.717) is 18.2 Å². The number of hydrogen-bond acceptors (Lipinski definition) is 3. The highest BCUT2D eigenvalue weighted by atomic mass is 16.5. The number of ether oxygens (including phenoxy) is 1. The summed E-state index contributed by atoms with van der Waals surface area (Å²) < 4.78 is 5.62. The van der Waals surface area contributed by atoms with E-state index in [4.69, 9.17) is 10.5 Å². The number of aliphatic hydroxyl groups excluding tert-OH is 1. The summed E-state index contributed by atoms with van der Waals surface area (Å²) in [5.74, 6) is 0.606. The van der Waals surface area contributed by atoms with Gasteiger partial charge in [0.1, 0.15) is 6.10 Å². The molecule has 2 unspecified atom stereocenters. The average molecular weight is 237 g/mol. The summed E-state index contributed by atoms with van der Waals surface area (Å²) in [4.78, 5) is 0. The van der Waals surface area contributed by atoms with Crippen molar-refractivity contribution in [2.75, 3.05) is 12.3 Å². The van der Waals surface area contributed by atoms with E-state index in [0.717, 1.165) is 12.0 Å². The van der Waals surface area contributed by atoms with E-state index < -0.39 is 6.10 Å². The smallest absolute Gasteiger partial charge is 0.102 e. The van der Waals surface area contributed by atoms with E-state index in [9.17, 15) is 5.11 Å². The van der Waals surface area contributed by atoms with Gasteiger partial charge in [-0.25, -0.2) is 0 Å². The highest BCUT2D eigenvalue weighted by Crippen LogP contribution is 2.17. The summed E-state index contributed by atoms with van der Waals surface area (Å²) in [6.07, 6.45) is 0.572. The van der Waals surface area contributed by atoms with Gasteiger partial charge in [-0.05, 0) is 37.0 Å². The van der Waals surface area contributed by atoms with Crippen molar-refractivity contribution in [3.63, 3.8) is 0 Å². The molecule has 0 spiro atoms. The van der Waals surface area contributed by atoms with Crippen LogP contribution in [0.1, 0.15) is 38.9 Å². The van der Waals surface area contributed by atoms with Crippen LogP contribution in [0.2, 0.25) is 0 Å². The first-order valence-corrected chi connectivity index (χ1v) is 6.14. The molecule has 0 amide bonds. The van der Waals surface area contributed by atoms with Crippen molar-refractivity contribution < 1.29 is 9.84 Å². The number of nitrogen functional groups attached to an aromatic ring is 1. The largest absolute Gasteiger partial charge is 0.399 e. The minimum Gasteiger partial charge on any atom is -0.399 e. The maximum absolute atomic E-state index is 9.95. The van der Waals surface area contributed by atoms with Gasteiger partial charge in [-0.3, -0.25) is 0 Å². The Morgan fingerprint density at radius 3 is 2.59 bits per heavy atom. The van der Waals surface area contributed by atoms with E-state index in [1.165, 1.54) is 0 Å². The second-order valence-corrected chi connectivity index (χ2v) is 4.96. The van der Waals surface area contributed by atoms with Gasteiger partial charge in [-0.1, -0.05) is 26.0 Å². The van der Waals surface area contributed by atoms with E-state index in [1.807, 2.05) is 19.1 Å². The molecule has 0 aromatic heterocycles. The van der Waals surface area contributed by atoms with Crippen molar-refractivity contribution in [1.29, 1.82) is 0 Å². The van der Waals surface area contributed by atoms with Crippen LogP contribution in [-0.2, 0) is 4.74 Å². The SMILES string of the molecule is CC(C)CC(C)OCC(O)c1cccc(N)c1. The zero-order valence-electron chi connectivity index (χ0n) is 10.9. The van der Waals surface area contributed by atoms with Gasteiger partial charge in [-0.2, -0.15) is 0 Å². The summed E-state index contributed by atoms with van der Waals surface area (Å²) in [6.45, 7) is 6.67. The van der Waals surface area contributed by atoms with E-state index in [1.54, 1.807) is 12.1 Å². The van der Waals surface area contributed by atoms with E-state index >= 15 is 0 Å². The van der Waals surface area contributed by atoms with Crippen LogP contribution in [0, 0.1) is 5.92 Å². The number of hydrogen-bond donors (Lipinski definition) is 2. The van der Waals surface area contributed by atoms with Crippen LogP contribution in [0.4, 0.5) is 5.69 Å². The molecule has 0 aliphatic rings. The van der Waals surface area contributed by atoms with Gasteiger partial charge in [0.25, 0.3) is 0 Å². The second-order valence-electron chi connectivity index (χ2n) is 4.96. The fraction of sp³-hybridized carbons (Fsp3) is 0.571. The van der Waals surface area contributed by atoms with Crippen LogP contribution in [-0.4, -0.2) is 17.8 Å². The lowest BCUT2D eigenvalue weighted by Crippen LogP contribution is -2.16. The van der Waals surface area contributed by atoms with Crippen LogP contribution < -0.4 is 5.73 Å². The van der Waals surface area contributed by atoms with Crippen LogP contribution in [0.3, 0.4) is 0 Å². The van der Waals surface area contributed by atoms with Crippen LogP contribution in [0.15, 0.2) is 24.3 Å². The van der Waals surface area contributed by atoms with Crippen molar-refractivity contribution in [2.45, 2.75) is 39.4 Å². The first-order valence-electron chi connectivity index (χ1n) is 6.14. The van der Waals surface area contributed by atoms with E-state index in [2.05, 4.69) is 13.8 Å². The molecule has 0 saturated carbocycles. The Morgan fingerprint density at radius 2 is 2.00 bits per heavy atom. The number of rotatable bonds is 6. The highest BCUT2D eigenvalue weighted by molar-refractivity contribution is 5.41. The molecule has 0 aliphatic carbocycles. The van der Waals surface area contributed by atoms with E-state index in [-0.39, 0.29) is 6.10 Å². The van der Waals surface area contributed by atoms with Gasteiger partial charge in [-0.15, -0.1) is 0 Å². The quantitative estimate of drug-likeness (QED) is 0.748. The molecular weight excluding hydrogens is 214 g/mol. The normalized spacial score (nSPS) is 14.9. The van der Waals surface area contributed by atoms with Gasteiger partial charge >= 0.3 is 0 Å². The van der Waals surface area contributed by atoms with Crippen molar-refractivity contribution in [3.8, 4) is 0 Å². The topological polar surface area (TPSA) is 55.5 Å². The number of aliphatic hydroxyl groups is 1. The third-order valence-corrected chi connectivity index (χ3v) is 2.64. The fourth-order valence-corrected chi connectivity index (χ4v) is 1.85. The van der Waals surface area contributed by atoms with Crippen molar-refractivity contribution in [3.05, 3.63) is 29.8 Å². The zero-order chi connectivity index (χ0) is 12.8. The molecule has 1 aromatic carbocycles. The predicted molar refractivity (Wildman–Crippen MR) is 70.7 cm³/mol. The summed E-state index contributed by atoms with van der Waals surface area (Å²) in [5.41, 5.74) is 7.14. The molecule has 0 radical (unpaired) electrons. The molecule has 1 rings (SSSR count). The summed E-state index contributed by atoms with van der Waals surface area (Å²) >= 11 is 0. The van der Waals surface area contributed by atoms with Gasteiger partial charge < -0.3 is 15.6 Å². The molecule has 0 saturated heterocycles. The molecule has 0 bridgehead atoms. The third kappa shape index (κ3) is 5.20. The maximum Gasteiger partial charge on any atom is 0.102 e. The Morgan fingerprint density at radius 1 is 1.29 bits per heavy atom. The molecule has 17 heavy (non-hydrogen) atoms. The Labute approximate surface area is 104 Å². The lowest BCUT2D eigenvalue weighted by atomic mass is 10.1. The molecule has 0 aliphatic heterocycles. The standard InChI is InChI=1S/C14H23NO2/c1-10(2)7-11(3)17-9-14(16)12-5-4-6-13(15)8-12/h4-6,8,10-11,14,16H,7,9,15H2,1-3H3. The summed E-state index contributed by atoms with van der Waals surface area (Å²) in [6, 6.07) is 7.28. The van der Waals surface area contributed by atoms with Gasteiger partial charge in [0.15, 0.2) is 0 Å². The first kappa shape index (κ1) is 14.0. The van der Waals surface area contributed by atoms with Gasteiger partial charge in [0.05, 0.1) is 12.7 Å². The molecule has 96 valence electrons. The molecule has 3 nitrogen and oxygen atoms in total. The van der Waals surface area contributed by atoms with Crippen molar-refractivity contribution in [1.82, 2.24) is 0 Å². The van der Waals surface area contributed by atoms with Crippen LogP contribution in [0.5, 0.6) is 0 Å². The minimum absolute atomic E-state index is 0.172. The number of anilines is 1. The highest BCUT2D eigenvalue weighted by Gasteiger charge is 2.11. The monoisotopic (exact) mass is 237 g/mol. The maximum atomic E-state index is 9.95. The Balaban J connectivity index is 2.42. The molecule has 1 aromatic rings. The fourth-order valence-electron chi connectivity index (χ4n) is 1.85. The molecule has 3 N–H and O–H groups in total. The number of benzene rings is 1. The summed E-state index contributed by atoms with van der Waals surface area (Å²) in [5, 5.41) is 9.95. The molecule has 2 atom stereocenters. The molecular formula is C14H23NO2. The average Bonchev–Trinajstić information content (AvgIpc) is 2.25. The molecule has 3 heteroatoms. The first-order chi connectivity index (χ1) is 7.99. The van der Waals surface area contributed by atoms with Crippen molar-refractivity contribution >= 4 is 5.69 Å². The lowest BCUT2D eigenvalue weighted by Gasteiger charge is -2.18. The molecule has 0 fully saturated rings. The second kappa shape index (κ2) is 6.62. The van der Waals surface area contributed by atoms with Gasteiger partial charge in [0.2, 0.25) is 0 Å². The third-order valence-electron chi connectivity index (χ3n) is 2.64.